The highest BCUT2D eigenvalue weighted by molar-refractivity contribution is 6.02. The van der Waals surface area contributed by atoms with Crippen LogP contribution in [0, 0.1) is 0 Å². The van der Waals surface area contributed by atoms with E-state index in [1.807, 2.05) is 37.0 Å². The van der Waals surface area contributed by atoms with Gasteiger partial charge >= 0.3 is 0 Å². The van der Waals surface area contributed by atoms with Crippen molar-refractivity contribution < 1.29 is 4.79 Å². The maximum Gasteiger partial charge on any atom is 0.239 e. The number of hydrogen-bond donors (Lipinski definition) is 1. The number of guanidine groups is 1. The molecule has 0 saturated carbocycles. The largest absolute Gasteiger partial charge is 0.369 e. The third-order valence-corrected chi connectivity index (χ3v) is 6.27. The molecule has 2 N–H and O–H groups in total. The molecule has 1 aliphatic heterocycles. The Morgan fingerprint density at radius 2 is 1.73 bits per heavy atom. The molecule has 0 spiro atoms. The van der Waals surface area contributed by atoms with Crippen molar-refractivity contribution in [1.82, 2.24) is 14.7 Å². The Labute approximate surface area is 177 Å². The lowest BCUT2D eigenvalue weighted by molar-refractivity contribution is -0.130. The first kappa shape index (κ1) is 20.1. The number of nitrogens with two attached hydrogens (primary N) is 1. The number of benzene rings is 2. The molecule has 0 unspecified atom stereocenters. The SMILES string of the molecule is CN1C(=O)[C@@H](c2ccc(C(C)(C)C)cc2)[C@@](C)(c2ccc3c(cnn3C)c2)N=C1N. The molecule has 0 saturated heterocycles. The number of aliphatic imine (C=N–C) groups is 1. The fraction of sp³-hybridized carbons (Fsp3) is 0.375. The van der Waals surface area contributed by atoms with E-state index in [9.17, 15) is 4.79 Å². The predicted octanol–water partition coefficient (Wildman–Crippen LogP) is 3.66. The van der Waals surface area contributed by atoms with Gasteiger partial charge in [0, 0.05) is 19.5 Å². The second-order valence-electron chi connectivity index (χ2n) is 9.36. The molecular weight excluding hydrogens is 374 g/mol. The van der Waals surface area contributed by atoms with Crippen molar-refractivity contribution in [3.63, 3.8) is 0 Å². The van der Waals surface area contributed by atoms with Crippen LogP contribution >= 0.6 is 0 Å². The van der Waals surface area contributed by atoms with Crippen molar-refractivity contribution in [2.45, 2.75) is 44.6 Å². The molecule has 30 heavy (non-hydrogen) atoms. The van der Waals surface area contributed by atoms with Crippen LogP contribution in [-0.4, -0.2) is 33.6 Å². The van der Waals surface area contributed by atoms with Crippen LogP contribution in [0.5, 0.6) is 0 Å². The average Bonchev–Trinajstić information content (AvgIpc) is 3.06. The van der Waals surface area contributed by atoms with E-state index in [4.69, 9.17) is 10.7 Å². The first-order valence-electron chi connectivity index (χ1n) is 10.2. The van der Waals surface area contributed by atoms with Crippen molar-refractivity contribution in [1.29, 1.82) is 0 Å². The van der Waals surface area contributed by atoms with Gasteiger partial charge in [0.25, 0.3) is 0 Å². The van der Waals surface area contributed by atoms with Crippen molar-refractivity contribution in [3.05, 3.63) is 65.4 Å². The molecule has 6 heteroatoms. The molecule has 1 aliphatic rings. The summed E-state index contributed by atoms with van der Waals surface area (Å²) in [6.07, 6.45) is 1.83. The number of aromatic nitrogens is 2. The summed E-state index contributed by atoms with van der Waals surface area (Å²) < 4.78 is 1.83. The summed E-state index contributed by atoms with van der Waals surface area (Å²) in [6, 6.07) is 14.4. The summed E-state index contributed by atoms with van der Waals surface area (Å²) in [5.41, 5.74) is 9.52. The summed E-state index contributed by atoms with van der Waals surface area (Å²) in [4.78, 5) is 19.7. The molecule has 156 valence electrons. The highest BCUT2D eigenvalue weighted by atomic mass is 16.2. The van der Waals surface area contributed by atoms with Gasteiger partial charge in [-0.25, -0.2) is 4.99 Å². The summed E-state index contributed by atoms with van der Waals surface area (Å²) in [7, 11) is 3.60. The molecule has 0 bridgehead atoms. The fourth-order valence-corrected chi connectivity index (χ4v) is 4.28. The van der Waals surface area contributed by atoms with E-state index >= 15 is 0 Å². The van der Waals surface area contributed by atoms with Crippen LogP contribution in [0.2, 0.25) is 0 Å². The topological polar surface area (TPSA) is 76.5 Å². The third kappa shape index (κ3) is 3.07. The van der Waals surface area contributed by atoms with Gasteiger partial charge in [0.2, 0.25) is 5.91 Å². The molecule has 3 aromatic rings. The first-order valence-corrected chi connectivity index (χ1v) is 10.2. The van der Waals surface area contributed by atoms with Gasteiger partial charge in [0.05, 0.1) is 17.6 Å². The monoisotopic (exact) mass is 403 g/mol. The predicted molar refractivity (Wildman–Crippen MR) is 120 cm³/mol. The molecule has 1 aromatic heterocycles. The number of carbonyl (C=O) groups is 1. The minimum atomic E-state index is -0.818. The maximum absolute atomic E-state index is 13.4. The Kier molecular flexibility index (Phi) is 4.49. The van der Waals surface area contributed by atoms with Gasteiger partial charge in [-0.2, -0.15) is 5.10 Å². The number of fused-ring (bicyclic) bond motifs is 1. The number of hydrogen-bond acceptors (Lipinski definition) is 4. The van der Waals surface area contributed by atoms with E-state index in [1.54, 1.807) is 7.05 Å². The molecule has 6 nitrogen and oxygen atoms in total. The van der Waals surface area contributed by atoms with Gasteiger partial charge < -0.3 is 5.73 Å². The highest BCUT2D eigenvalue weighted by Gasteiger charge is 2.47. The maximum atomic E-state index is 13.4. The van der Waals surface area contributed by atoms with E-state index in [0.29, 0.717) is 0 Å². The van der Waals surface area contributed by atoms with E-state index < -0.39 is 11.5 Å². The van der Waals surface area contributed by atoms with Gasteiger partial charge in [-0.3, -0.25) is 14.4 Å². The Hall–Kier alpha value is -3.15. The second-order valence-corrected chi connectivity index (χ2v) is 9.36. The molecule has 2 aromatic carbocycles. The summed E-state index contributed by atoms with van der Waals surface area (Å²) in [6.45, 7) is 8.53. The van der Waals surface area contributed by atoms with Crippen molar-refractivity contribution in [2.75, 3.05) is 7.05 Å². The number of rotatable bonds is 2. The second kappa shape index (κ2) is 6.69. The zero-order valence-corrected chi connectivity index (χ0v) is 18.5. The number of aryl methyl sites for hydroxylation is 1. The zero-order valence-electron chi connectivity index (χ0n) is 18.5. The fourth-order valence-electron chi connectivity index (χ4n) is 4.28. The number of likely N-dealkylation sites (N-methyl/N-ethyl adjacent to an activating group) is 1. The van der Waals surface area contributed by atoms with E-state index in [-0.39, 0.29) is 17.3 Å². The van der Waals surface area contributed by atoms with Gasteiger partial charge in [0.15, 0.2) is 5.96 Å². The molecule has 0 radical (unpaired) electrons. The number of carbonyl (C=O) groups excluding carboxylic acids is 1. The van der Waals surface area contributed by atoms with Crippen LogP contribution in [0.4, 0.5) is 0 Å². The lowest BCUT2D eigenvalue weighted by Gasteiger charge is -2.41. The van der Waals surface area contributed by atoms with Crippen molar-refractivity contribution >= 4 is 22.8 Å². The van der Waals surface area contributed by atoms with Crippen LogP contribution in [0.3, 0.4) is 0 Å². The Balaban J connectivity index is 1.88. The Morgan fingerprint density at radius 3 is 2.37 bits per heavy atom. The Morgan fingerprint density at radius 1 is 1.07 bits per heavy atom. The van der Waals surface area contributed by atoms with Crippen LogP contribution in [0.1, 0.15) is 50.3 Å². The first-order chi connectivity index (χ1) is 14.0. The summed E-state index contributed by atoms with van der Waals surface area (Å²) in [5, 5.41) is 5.35. The minimum absolute atomic E-state index is 0.0448. The normalized spacial score (nSPS) is 22.5. The van der Waals surface area contributed by atoms with E-state index in [0.717, 1.165) is 22.0 Å². The van der Waals surface area contributed by atoms with Crippen LogP contribution in [-0.2, 0) is 22.8 Å². The van der Waals surface area contributed by atoms with Crippen LogP contribution in [0.25, 0.3) is 10.9 Å². The summed E-state index contributed by atoms with van der Waals surface area (Å²) in [5.74, 6) is -0.297. The van der Waals surface area contributed by atoms with Crippen molar-refractivity contribution in [3.8, 4) is 0 Å². The molecule has 0 fully saturated rings. The lowest BCUT2D eigenvalue weighted by Crippen LogP contribution is -2.52. The third-order valence-electron chi connectivity index (χ3n) is 6.27. The quantitative estimate of drug-likeness (QED) is 0.709. The number of nitrogens with zero attached hydrogens (tertiary/aromatic N) is 4. The van der Waals surface area contributed by atoms with E-state index in [2.05, 4.69) is 56.2 Å². The standard InChI is InChI=1S/C24H29N5O/c1-23(2,3)17-9-7-15(8-10-17)20-21(30)28(5)22(25)27-24(20,4)18-11-12-19-16(13-18)14-26-29(19)6/h7-14,20H,1-6H3,(H2,25,27)/t20-,24-/m1/s1. The van der Waals surface area contributed by atoms with Crippen LogP contribution < -0.4 is 5.73 Å². The molecule has 2 atom stereocenters. The molecule has 1 amide bonds. The number of amides is 1. The highest BCUT2D eigenvalue weighted by Crippen LogP contribution is 2.44. The average molecular weight is 404 g/mol. The zero-order chi connectivity index (χ0) is 21.8. The lowest BCUT2D eigenvalue weighted by atomic mass is 9.73. The smallest absolute Gasteiger partial charge is 0.239 e. The van der Waals surface area contributed by atoms with Gasteiger partial charge in [-0.1, -0.05) is 51.1 Å². The minimum Gasteiger partial charge on any atom is -0.369 e. The Bertz CT molecular complexity index is 1150. The van der Waals surface area contributed by atoms with Gasteiger partial charge in [-0.15, -0.1) is 0 Å². The van der Waals surface area contributed by atoms with Crippen molar-refractivity contribution in [2.24, 2.45) is 17.8 Å². The molecule has 2 heterocycles. The summed E-state index contributed by atoms with van der Waals surface area (Å²) >= 11 is 0. The molecule has 4 rings (SSSR count). The molecule has 0 aliphatic carbocycles. The molecular formula is C24H29N5O. The van der Waals surface area contributed by atoms with E-state index in [1.165, 1.54) is 10.5 Å². The van der Waals surface area contributed by atoms with Gasteiger partial charge in [-0.05, 0) is 41.2 Å². The van der Waals surface area contributed by atoms with Gasteiger partial charge in [0.1, 0.15) is 5.54 Å². The van der Waals surface area contributed by atoms with Crippen LogP contribution in [0.15, 0.2) is 53.7 Å².